The average molecular weight is 488 g/mol. The molecule has 0 spiro atoms. The maximum atomic E-state index is 13.3. The van der Waals surface area contributed by atoms with Crippen molar-refractivity contribution in [3.8, 4) is 0 Å². The highest BCUT2D eigenvalue weighted by Gasteiger charge is 2.29. The molecule has 176 valence electrons. The van der Waals surface area contributed by atoms with Crippen LogP contribution in [0.2, 0.25) is 5.02 Å². The van der Waals surface area contributed by atoms with Crippen LogP contribution in [0.4, 0.5) is 0 Å². The lowest BCUT2D eigenvalue weighted by atomic mass is 9.87. The quantitative estimate of drug-likeness (QED) is 0.520. The Kier molecular flexibility index (Phi) is 6.84. The van der Waals surface area contributed by atoms with Gasteiger partial charge in [-0.2, -0.15) is 4.31 Å². The molecule has 1 N–H and O–H groups in total. The lowest BCUT2D eigenvalue weighted by Crippen LogP contribution is -2.38. The number of aromatic amines is 1. The second kappa shape index (κ2) is 9.49. The molecule has 2 aromatic carbocycles. The number of aromatic nitrogens is 1. The number of fused-ring (bicyclic) bond motifs is 1. The van der Waals surface area contributed by atoms with Crippen LogP contribution in [0.15, 0.2) is 47.4 Å². The van der Waals surface area contributed by atoms with E-state index < -0.39 is 10.0 Å². The number of benzene rings is 2. The van der Waals surface area contributed by atoms with E-state index in [4.69, 9.17) is 11.6 Å². The molecular weight excluding hydrogens is 458 g/mol. The van der Waals surface area contributed by atoms with Crippen LogP contribution in [0.1, 0.15) is 54.2 Å². The van der Waals surface area contributed by atoms with E-state index >= 15 is 0 Å². The third-order valence-corrected chi connectivity index (χ3v) is 9.02. The smallest absolute Gasteiger partial charge is 0.255 e. The van der Waals surface area contributed by atoms with Crippen LogP contribution in [0.25, 0.3) is 10.9 Å². The fourth-order valence-electron chi connectivity index (χ4n) is 4.91. The van der Waals surface area contributed by atoms with Gasteiger partial charge in [0.1, 0.15) is 0 Å². The molecule has 0 saturated carbocycles. The molecule has 3 aromatic rings. The number of piperidine rings is 1. The van der Waals surface area contributed by atoms with Crippen molar-refractivity contribution in [2.45, 2.75) is 44.4 Å². The summed E-state index contributed by atoms with van der Waals surface area (Å²) < 4.78 is 27.2. The van der Waals surface area contributed by atoms with Crippen molar-refractivity contribution >= 4 is 38.4 Å². The first-order valence-corrected chi connectivity index (χ1v) is 13.3. The lowest BCUT2D eigenvalue weighted by Gasteiger charge is -2.32. The summed E-state index contributed by atoms with van der Waals surface area (Å²) in [4.78, 5) is 18.7. The second-order valence-corrected chi connectivity index (χ2v) is 10.9. The zero-order chi connectivity index (χ0) is 23.8. The molecule has 0 radical (unpaired) electrons. The molecule has 2 heterocycles. The summed E-state index contributed by atoms with van der Waals surface area (Å²) >= 11 is 6.34. The van der Waals surface area contributed by atoms with E-state index in [0.717, 1.165) is 18.4 Å². The Morgan fingerprint density at radius 2 is 1.79 bits per heavy atom. The molecule has 1 amide bonds. The highest BCUT2D eigenvalue weighted by atomic mass is 35.5. The summed E-state index contributed by atoms with van der Waals surface area (Å²) in [5, 5.41) is 1.52. The first kappa shape index (κ1) is 23.8. The number of hydrogen-bond donors (Lipinski definition) is 1. The van der Waals surface area contributed by atoms with Crippen LogP contribution in [0.5, 0.6) is 0 Å². The van der Waals surface area contributed by atoms with Gasteiger partial charge < -0.3 is 9.88 Å². The molecule has 1 fully saturated rings. The lowest BCUT2D eigenvalue weighted by molar-refractivity contribution is 0.0713. The number of halogens is 1. The van der Waals surface area contributed by atoms with E-state index in [1.807, 2.05) is 6.07 Å². The Balaban J connectivity index is 1.54. The van der Waals surface area contributed by atoms with Gasteiger partial charge in [-0.15, -0.1) is 0 Å². The molecule has 0 atom stereocenters. The zero-order valence-corrected chi connectivity index (χ0v) is 20.8. The van der Waals surface area contributed by atoms with Gasteiger partial charge in [-0.25, -0.2) is 8.42 Å². The maximum Gasteiger partial charge on any atom is 0.255 e. The van der Waals surface area contributed by atoms with Crippen LogP contribution in [0, 0.1) is 6.92 Å². The fourth-order valence-corrected chi connectivity index (χ4v) is 6.59. The molecule has 8 heteroatoms. The monoisotopic (exact) mass is 487 g/mol. The van der Waals surface area contributed by atoms with Gasteiger partial charge in [-0.05, 0) is 55.5 Å². The van der Waals surface area contributed by atoms with E-state index in [2.05, 4.69) is 30.1 Å². The van der Waals surface area contributed by atoms with Crippen molar-refractivity contribution in [1.29, 1.82) is 0 Å². The highest BCUT2D eigenvalue weighted by molar-refractivity contribution is 7.89. The Morgan fingerprint density at radius 1 is 1.12 bits per heavy atom. The van der Waals surface area contributed by atoms with Crippen molar-refractivity contribution in [3.05, 3.63) is 64.3 Å². The number of likely N-dealkylation sites (tertiary alicyclic amines) is 1. The summed E-state index contributed by atoms with van der Waals surface area (Å²) in [7, 11) is -3.67. The summed E-state index contributed by atoms with van der Waals surface area (Å²) in [6, 6.07) is 12.7. The van der Waals surface area contributed by atoms with Gasteiger partial charge in [0, 0.05) is 42.8 Å². The van der Waals surface area contributed by atoms with Crippen molar-refractivity contribution in [1.82, 2.24) is 14.2 Å². The van der Waals surface area contributed by atoms with Gasteiger partial charge in [0.25, 0.3) is 5.91 Å². The molecule has 0 bridgehead atoms. The van der Waals surface area contributed by atoms with Crippen LogP contribution in [-0.4, -0.2) is 54.7 Å². The molecule has 1 aromatic heterocycles. The Labute approximate surface area is 200 Å². The predicted octanol–water partition coefficient (Wildman–Crippen LogP) is 5.18. The number of sulfonamides is 1. The topological polar surface area (TPSA) is 73.5 Å². The molecule has 4 rings (SSSR count). The van der Waals surface area contributed by atoms with E-state index in [-0.39, 0.29) is 21.4 Å². The highest BCUT2D eigenvalue weighted by Crippen LogP contribution is 2.36. The largest absolute Gasteiger partial charge is 0.358 e. The Bertz CT molecular complexity index is 1270. The van der Waals surface area contributed by atoms with E-state index in [1.165, 1.54) is 39.1 Å². The third kappa shape index (κ3) is 4.42. The number of nitrogens with one attached hydrogen (secondary N) is 1. The van der Waals surface area contributed by atoms with Gasteiger partial charge in [0.15, 0.2) is 0 Å². The number of carbonyl (C=O) groups is 1. The van der Waals surface area contributed by atoms with Crippen LogP contribution in [-0.2, 0) is 10.0 Å². The van der Waals surface area contributed by atoms with E-state index in [1.54, 1.807) is 18.7 Å². The standard InChI is InChI=1S/C25H30ClN3O3S/c1-4-29(5-2)33(31,32)19-10-11-22(26)21(16-19)25(30)28-14-12-18(13-15-28)24-17(3)27-23-9-7-6-8-20(23)24/h6-11,16,18,27H,4-5,12-15H2,1-3H3. The number of aryl methyl sites for hydroxylation is 1. The van der Waals surface area contributed by atoms with E-state index in [9.17, 15) is 13.2 Å². The summed E-state index contributed by atoms with van der Waals surface area (Å²) in [6.07, 6.45) is 1.70. The third-order valence-electron chi connectivity index (χ3n) is 6.65. The minimum Gasteiger partial charge on any atom is -0.358 e. The van der Waals surface area contributed by atoms with Crippen molar-refractivity contribution in [3.63, 3.8) is 0 Å². The summed E-state index contributed by atoms with van der Waals surface area (Å²) in [5.41, 5.74) is 3.90. The number of H-pyrrole nitrogens is 1. The normalized spacial score (nSPS) is 15.5. The molecular formula is C25H30ClN3O3S. The molecule has 1 aliphatic rings. The average Bonchev–Trinajstić information content (AvgIpc) is 3.15. The molecule has 0 aliphatic carbocycles. The molecule has 33 heavy (non-hydrogen) atoms. The molecule has 0 unspecified atom stereocenters. The molecule has 1 saturated heterocycles. The van der Waals surface area contributed by atoms with Crippen LogP contribution in [0.3, 0.4) is 0 Å². The van der Waals surface area contributed by atoms with Crippen LogP contribution < -0.4 is 0 Å². The van der Waals surface area contributed by atoms with Gasteiger partial charge >= 0.3 is 0 Å². The van der Waals surface area contributed by atoms with Gasteiger partial charge in [-0.1, -0.05) is 43.6 Å². The first-order chi connectivity index (χ1) is 15.8. The van der Waals surface area contributed by atoms with Crippen molar-refractivity contribution in [2.24, 2.45) is 0 Å². The minimum absolute atomic E-state index is 0.100. The van der Waals surface area contributed by atoms with Crippen molar-refractivity contribution < 1.29 is 13.2 Å². The summed E-state index contributed by atoms with van der Waals surface area (Å²) in [5.74, 6) is 0.153. The van der Waals surface area contributed by atoms with Crippen molar-refractivity contribution in [2.75, 3.05) is 26.2 Å². The number of hydrogen-bond acceptors (Lipinski definition) is 3. The number of para-hydroxylation sites is 1. The molecule has 6 nitrogen and oxygen atoms in total. The zero-order valence-electron chi connectivity index (χ0n) is 19.3. The SMILES string of the molecule is CCN(CC)S(=O)(=O)c1ccc(Cl)c(C(=O)N2CCC(c3c(C)[nH]c4ccccc34)CC2)c1. The number of rotatable bonds is 6. The first-order valence-electron chi connectivity index (χ1n) is 11.4. The number of nitrogens with zero attached hydrogens (tertiary/aromatic N) is 2. The summed E-state index contributed by atoms with van der Waals surface area (Å²) in [6.45, 7) is 7.63. The number of amides is 1. The number of carbonyl (C=O) groups excluding carboxylic acids is 1. The minimum atomic E-state index is -3.67. The van der Waals surface area contributed by atoms with E-state index in [0.29, 0.717) is 32.1 Å². The maximum absolute atomic E-state index is 13.3. The van der Waals surface area contributed by atoms with Crippen LogP contribution >= 0.6 is 11.6 Å². The fraction of sp³-hybridized carbons (Fsp3) is 0.400. The van der Waals surface area contributed by atoms with Gasteiger partial charge in [0.2, 0.25) is 10.0 Å². The van der Waals surface area contributed by atoms with Gasteiger partial charge in [-0.3, -0.25) is 4.79 Å². The Hall–Kier alpha value is -2.35. The predicted molar refractivity (Wildman–Crippen MR) is 132 cm³/mol. The second-order valence-electron chi connectivity index (χ2n) is 8.51. The molecule has 1 aliphatic heterocycles. The van der Waals surface area contributed by atoms with Gasteiger partial charge in [0.05, 0.1) is 15.5 Å². The Morgan fingerprint density at radius 3 is 2.45 bits per heavy atom.